The third-order valence-corrected chi connectivity index (χ3v) is 4.47. The molecule has 0 aliphatic heterocycles. The van der Waals surface area contributed by atoms with Gasteiger partial charge in [0.2, 0.25) is 0 Å². The average molecular weight is 368 g/mol. The lowest BCUT2D eigenvalue weighted by atomic mass is 9.93. The fourth-order valence-corrected chi connectivity index (χ4v) is 3.20. The van der Waals surface area contributed by atoms with Crippen LogP contribution in [0.1, 0.15) is 23.0 Å². The van der Waals surface area contributed by atoms with Crippen molar-refractivity contribution in [3.63, 3.8) is 0 Å². The summed E-state index contributed by atoms with van der Waals surface area (Å²) < 4.78 is 2.14. The number of aromatic nitrogens is 3. The normalized spacial score (nSPS) is 11.0. The monoisotopic (exact) mass is 368 g/mol. The van der Waals surface area contributed by atoms with Crippen LogP contribution in [0.2, 0.25) is 0 Å². The molecule has 0 spiro atoms. The van der Waals surface area contributed by atoms with Crippen LogP contribution >= 0.6 is 0 Å². The first-order valence-electron chi connectivity index (χ1n) is 8.01. The number of non-ortho nitro benzene ring substituents is 1. The highest BCUT2D eigenvalue weighted by Crippen LogP contribution is 2.33. The molecule has 0 N–H and O–H groups in total. The van der Waals surface area contributed by atoms with Gasteiger partial charge in [0.1, 0.15) is 5.65 Å². The molecule has 9 nitrogen and oxygen atoms in total. The van der Waals surface area contributed by atoms with E-state index in [1.807, 2.05) is 0 Å². The van der Waals surface area contributed by atoms with Gasteiger partial charge < -0.3 is 0 Å². The Morgan fingerprint density at radius 1 is 1.19 bits per heavy atom. The van der Waals surface area contributed by atoms with Crippen LogP contribution in [0.5, 0.6) is 0 Å². The van der Waals surface area contributed by atoms with Gasteiger partial charge in [-0.3, -0.25) is 28.8 Å². The van der Waals surface area contributed by atoms with Crippen molar-refractivity contribution in [1.82, 2.24) is 14.1 Å². The summed E-state index contributed by atoms with van der Waals surface area (Å²) in [6, 6.07) is 5.68. The van der Waals surface area contributed by atoms with E-state index in [2.05, 4.69) is 4.98 Å². The van der Waals surface area contributed by atoms with Crippen LogP contribution < -0.4 is 11.2 Å². The number of ketones is 1. The van der Waals surface area contributed by atoms with Crippen molar-refractivity contribution >= 4 is 22.5 Å². The van der Waals surface area contributed by atoms with Crippen molar-refractivity contribution in [1.29, 1.82) is 0 Å². The summed E-state index contributed by atoms with van der Waals surface area (Å²) >= 11 is 0. The predicted molar refractivity (Wildman–Crippen MR) is 99.1 cm³/mol. The maximum absolute atomic E-state index is 12.9. The average Bonchev–Trinajstić information content (AvgIpc) is 2.63. The third-order valence-electron chi connectivity index (χ3n) is 4.47. The number of carbonyl (C=O) groups excluding carboxylic acids is 1. The molecule has 0 atom stereocenters. The van der Waals surface area contributed by atoms with Gasteiger partial charge in [0.15, 0.2) is 5.78 Å². The largest absolute Gasteiger partial charge is 0.332 e. The molecule has 27 heavy (non-hydrogen) atoms. The van der Waals surface area contributed by atoms with Crippen molar-refractivity contribution in [2.75, 3.05) is 0 Å². The number of benzene rings is 1. The quantitative estimate of drug-likeness (QED) is 0.395. The number of pyridine rings is 1. The molecule has 0 radical (unpaired) electrons. The number of nitro groups is 1. The standard InChI is InChI=1S/C18H16N4O5/c1-9-13(10(2)23)14(11-6-5-7-12(8-11)22(26)27)15-16(19-9)20(3)18(25)21(4)17(15)24/h5-8H,1-4H3. The Morgan fingerprint density at radius 2 is 1.85 bits per heavy atom. The van der Waals surface area contributed by atoms with Crippen molar-refractivity contribution in [3.8, 4) is 11.1 Å². The molecular weight excluding hydrogens is 352 g/mol. The van der Waals surface area contributed by atoms with E-state index in [0.717, 1.165) is 4.57 Å². The Balaban J connectivity index is 2.65. The van der Waals surface area contributed by atoms with Gasteiger partial charge in [0.25, 0.3) is 11.2 Å². The molecule has 2 aromatic heterocycles. The van der Waals surface area contributed by atoms with Gasteiger partial charge in [-0.1, -0.05) is 12.1 Å². The Labute approximate surface area is 152 Å². The molecule has 0 bridgehead atoms. The van der Waals surface area contributed by atoms with Crippen LogP contribution in [0.4, 0.5) is 5.69 Å². The highest BCUT2D eigenvalue weighted by molar-refractivity contribution is 6.09. The van der Waals surface area contributed by atoms with Crippen molar-refractivity contribution in [2.24, 2.45) is 14.1 Å². The van der Waals surface area contributed by atoms with Gasteiger partial charge >= 0.3 is 5.69 Å². The molecule has 0 saturated carbocycles. The summed E-state index contributed by atoms with van der Waals surface area (Å²) in [4.78, 5) is 52.4. The molecule has 138 valence electrons. The number of nitro benzene ring substituents is 1. The lowest BCUT2D eigenvalue weighted by Crippen LogP contribution is -2.38. The van der Waals surface area contributed by atoms with E-state index in [1.54, 1.807) is 13.0 Å². The third kappa shape index (κ3) is 2.73. The van der Waals surface area contributed by atoms with E-state index in [-0.39, 0.29) is 33.6 Å². The molecule has 1 aromatic carbocycles. The second kappa shape index (κ2) is 6.27. The van der Waals surface area contributed by atoms with Crippen LogP contribution in [0.25, 0.3) is 22.2 Å². The first-order chi connectivity index (χ1) is 12.6. The summed E-state index contributed by atoms with van der Waals surface area (Å²) in [6.45, 7) is 2.93. The lowest BCUT2D eigenvalue weighted by Gasteiger charge is -2.16. The van der Waals surface area contributed by atoms with E-state index in [1.165, 1.54) is 43.8 Å². The van der Waals surface area contributed by atoms with Crippen molar-refractivity contribution in [3.05, 3.63) is 66.5 Å². The SMILES string of the molecule is CC(=O)c1c(C)nc2c(c1-c1cccc([N+](=O)[O-])c1)c(=O)n(C)c(=O)n2C. The number of nitrogens with zero attached hydrogens (tertiary/aromatic N) is 4. The van der Waals surface area contributed by atoms with Crippen molar-refractivity contribution in [2.45, 2.75) is 13.8 Å². The van der Waals surface area contributed by atoms with E-state index < -0.39 is 16.2 Å². The van der Waals surface area contributed by atoms with Crippen LogP contribution in [-0.2, 0) is 14.1 Å². The second-order valence-electron chi connectivity index (χ2n) is 6.22. The summed E-state index contributed by atoms with van der Waals surface area (Å²) in [5.41, 5.74) is -0.132. The zero-order valence-corrected chi connectivity index (χ0v) is 15.1. The van der Waals surface area contributed by atoms with Gasteiger partial charge in [-0.05, 0) is 19.4 Å². The minimum Gasteiger partial charge on any atom is -0.294 e. The number of fused-ring (bicyclic) bond motifs is 1. The van der Waals surface area contributed by atoms with Crippen LogP contribution in [0.15, 0.2) is 33.9 Å². The number of Topliss-reactive ketones (excluding diaryl/α,β-unsaturated/α-hetero) is 1. The van der Waals surface area contributed by atoms with Gasteiger partial charge in [-0.15, -0.1) is 0 Å². The molecule has 9 heteroatoms. The number of aryl methyl sites for hydroxylation is 2. The maximum atomic E-state index is 12.9. The lowest BCUT2D eigenvalue weighted by molar-refractivity contribution is -0.384. The van der Waals surface area contributed by atoms with E-state index >= 15 is 0 Å². The van der Waals surface area contributed by atoms with Crippen molar-refractivity contribution < 1.29 is 9.72 Å². The van der Waals surface area contributed by atoms with Gasteiger partial charge in [-0.2, -0.15) is 0 Å². The molecule has 0 fully saturated rings. The number of hydrogen-bond acceptors (Lipinski definition) is 6. The summed E-state index contributed by atoms with van der Waals surface area (Å²) in [7, 11) is 2.80. The highest BCUT2D eigenvalue weighted by Gasteiger charge is 2.23. The van der Waals surface area contributed by atoms with E-state index in [4.69, 9.17) is 0 Å². The molecule has 0 saturated heterocycles. The molecule has 3 rings (SSSR count). The molecule has 2 heterocycles. The molecular formula is C18H16N4O5. The molecule has 0 aliphatic rings. The van der Waals surface area contributed by atoms with Gasteiger partial charge in [0, 0.05) is 37.4 Å². The first-order valence-corrected chi connectivity index (χ1v) is 8.01. The first kappa shape index (κ1) is 18.2. The topological polar surface area (TPSA) is 117 Å². The molecule has 0 unspecified atom stereocenters. The minimum absolute atomic E-state index is 0.0656. The minimum atomic E-state index is -0.621. The van der Waals surface area contributed by atoms with E-state index in [0.29, 0.717) is 11.3 Å². The number of rotatable bonds is 3. The van der Waals surface area contributed by atoms with Gasteiger partial charge in [-0.25, -0.2) is 9.78 Å². The summed E-state index contributed by atoms with van der Waals surface area (Å²) in [6.07, 6.45) is 0. The number of hydrogen-bond donors (Lipinski definition) is 0. The molecule has 0 amide bonds. The Kier molecular flexibility index (Phi) is 4.22. The van der Waals surface area contributed by atoms with Crippen LogP contribution in [0, 0.1) is 17.0 Å². The summed E-state index contributed by atoms with van der Waals surface area (Å²) in [5, 5.41) is 11.2. The van der Waals surface area contributed by atoms with Gasteiger partial charge in [0.05, 0.1) is 16.0 Å². The predicted octanol–water partition coefficient (Wildman–Crippen LogP) is 1.72. The maximum Gasteiger partial charge on any atom is 0.332 e. The Morgan fingerprint density at radius 3 is 2.44 bits per heavy atom. The zero-order valence-electron chi connectivity index (χ0n) is 15.1. The highest BCUT2D eigenvalue weighted by atomic mass is 16.6. The smallest absolute Gasteiger partial charge is 0.294 e. The Bertz CT molecular complexity index is 1250. The Hall–Kier alpha value is -3.62. The molecule has 3 aromatic rings. The van der Waals surface area contributed by atoms with Crippen LogP contribution in [0.3, 0.4) is 0 Å². The number of carbonyl (C=O) groups is 1. The fraction of sp³-hybridized carbons (Fsp3) is 0.222. The van der Waals surface area contributed by atoms with E-state index in [9.17, 15) is 24.5 Å². The zero-order chi connectivity index (χ0) is 20.0. The van der Waals surface area contributed by atoms with Crippen LogP contribution in [-0.4, -0.2) is 24.8 Å². The fourth-order valence-electron chi connectivity index (χ4n) is 3.20. The molecule has 0 aliphatic carbocycles. The summed E-state index contributed by atoms with van der Waals surface area (Å²) in [5.74, 6) is -0.334. The second-order valence-corrected chi connectivity index (χ2v) is 6.22.